The quantitative estimate of drug-likeness (QED) is 0.432. The number of aromatic nitrogens is 3. The van der Waals surface area contributed by atoms with E-state index in [9.17, 15) is 14.7 Å². The number of benzene rings is 1. The maximum Gasteiger partial charge on any atom is 0.301 e. The first-order valence-electron chi connectivity index (χ1n) is 7.19. The third kappa shape index (κ3) is 2.53. The number of anilines is 1. The van der Waals surface area contributed by atoms with Crippen molar-refractivity contribution in [2.75, 3.05) is 4.90 Å². The zero-order valence-electron chi connectivity index (χ0n) is 12.6. The fraction of sp³-hybridized carbons (Fsp3) is 0.0625. The van der Waals surface area contributed by atoms with Gasteiger partial charge in [-0.3, -0.25) is 19.5 Å². The SMILES string of the molecule is O=C1C(=O)N(c2nncs2)C(c2cncs2)/C1=C(\O)c1ccccc1. The highest BCUT2D eigenvalue weighted by molar-refractivity contribution is 7.13. The Morgan fingerprint density at radius 2 is 1.92 bits per heavy atom. The third-order valence-electron chi connectivity index (χ3n) is 3.77. The molecule has 124 valence electrons. The van der Waals surface area contributed by atoms with Crippen LogP contribution in [0.3, 0.4) is 0 Å². The second kappa shape index (κ2) is 6.19. The number of carbonyl (C=O) groups is 2. The molecule has 1 unspecified atom stereocenters. The van der Waals surface area contributed by atoms with Crippen molar-refractivity contribution in [1.29, 1.82) is 0 Å². The Morgan fingerprint density at radius 3 is 2.56 bits per heavy atom. The van der Waals surface area contributed by atoms with E-state index in [1.807, 2.05) is 0 Å². The fourth-order valence-corrected chi connectivity index (χ4v) is 3.99. The molecule has 1 fully saturated rings. The molecule has 1 N–H and O–H groups in total. The minimum absolute atomic E-state index is 0.0238. The number of ketones is 1. The summed E-state index contributed by atoms with van der Waals surface area (Å²) in [7, 11) is 0. The number of hydrogen-bond donors (Lipinski definition) is 1. The predicted octanol–water partition coefficient (Wildman–Crippen LogP) is 2.62. The van der Waals surface area contributed by atoms with Gasteiger partial charge in [0, 0.05) is 11.8 Å². The molecule has 0 bridgehead atoms. The van der Waals surface area contributed by atoms with Crippen LogP contribution in [-0.2, 0) is 9.59 Å². The normalized spacial score (nSPS) is 19.5. The molecular weight excluding hydrogens is 360 g/mol. The maximum atomic E-state index is 12.7. The second-order valence-electron chi connectivity index (χ2n) is 5.16. The highest BCUT2D eigenvalue weighted by Crippen LogP contribution is 2.43. The van der Waals surface area contributed by atoms with Crippen molar-refractivity contribution in [3.8, 4) is 0 Å². The van der Waals surface area contributed by atoms with Crippen LogP contribution in [0.1, 0.15) is 16.5 Å². The van der Waals surface area contributed by atoms with Gasteiger partial charge in [-0.25, -0.2) is 0 Å². The van der Waals surface area contributed by atoms with Crippen molar-refractivity contribution >= 4 is 45.3 Å². The highest BCUT2D eigenvalue weighted by Gasteiger charge is 2.48. The molecule has 1 amide bonds. The van der Waals surface area contributed by atoms with E-state index < -0.39 is 17.7 Å². The van der Waals surface area contributed by atoms with Crippen molar-refractivity contribution < 1.29 is 14.7 Å². The van der Waals surface area contributed by atoms with E-state index in [4.69, 9.17) is 0 Å². The molecule has 9 heteroatoms. The lowest BCUT2D eigenvalue weighted by Gasteiger charge is -2.20. The van der Waals surface area contributed by atoms with Gasteiger partial charge in [0.15, 0.2) is 0 Å². The van der Waals surface area contributed by atoms with Crippen LogP contribution < -0.4 is 4.90 Å². The van der Waals surface area contributed by atoms with E-state index >= 15 is 0 Å². The van der Waals surface area contributed by atoms with Crippen LogP contribution in [0, 0.1) is 0 Å². The second-order valence-corrected chi connectivity index (χ2v) is 6.89. The lowest BCUT2D eigenvalue weighted by Crippen LogP contribution is -2.29. The Labute approximate surface area is 149 Å². The Hall–Kier alpha value is -2.91. The molecule has 2 aromatic heterocycles. The first kappa shape index (κ1) is 15.6. The molecule has 25 heavy (non-hydrogen) atoms. The van der Waals surface area contributed by atoms with Crippen LogP contribution in [0.25, 0.3) is 5.76 Å². The van der Waals surface area contributed by atoms with Crippen LogP contribution in [0.15, 0.2) is 53.1 Å². The summed E-state index contributed by atoms with van der Waals surface area (Å²) in [6, 6.07) is 7.88. The third-order valence-corrected chi connectivity index (χ3v) is 5.28. The summed E-state index contributed by atoms with van der Waals surface area (Å²) in [6.45, 7) is 0. The molecule has 0 aliphatic carbocycles. The first-order valence-corrected chi connectivity index (χ1v) is 8.95. The highest BCUT2D eigenvalue weighted by atomic mass is 32.1. The monoisotopic (exact) mass is 370 g/mol. The number of aliphatic hydroxyl groups is 1. The number of hydrogen-bond acceptors (Lipinski definition) is 8. The first-order chi connectivity index (χ1) is 12.2. The van der Waals surface area contributed by atoms with Crippen LogP contribution in [0.2, 0.25) is 0 Å². The van der Waals surface area contributed by atoms with Crippen molar-refractivity contribution in [3.63, 3.8) is 0 Å². The van der Waals surface area contributed by atoms with E-state index in [1.165, 1.54) is 21.7 Å². The molecule has 4 rings (SSSR count). The van der Waals surface area contributed by atoms with Gasteiger partial charge < -0.3 is 5.11 Å². The average Bonchev–Trinajstić information content (AvgIpc) is 3.37. The summed E-state index contributed by atoms with van der Waals surface area (Å²) < 4.78 is 0. The van der Waals surface area contributed by atoms with Crippen LogP contribution >= 0.6 is 22.7 Å². The number of rotatable bonds is 3. The Bertz CT molecular complexity index is 953. The molecule has 1 aliphatic rings. The largest absolute Gasteiger partial charge is 0.507 e. The van der Waals surface area contributed by atoms with Gasteiger partial charge in [0.1, 0.15) is 17.3 Å². The number of Topliss-reactive ketones (excluding diaryl/α,β-unsaturated/α-hetero) is 1. The number of thiazole rings is 1. The molecule has 1 saturated heterocycles. The molecule has 1 aromatic carbocycles. The van der Waals surface area contributed by atoms with Gasteiger partial charge >= 0.3 is 5.91 Å². The summed E-state index contributed by atoms with van der Waals surface area (Å²) in [5.41, 5.74) is 3.58. The Balaban J connectivity index is 1.93. The summed E-state index contributed by atoms with van der Waals surface area (Å²) in [5, 5.41) is 18.7. The molecule has 0 saturated carbocycles. The van der Waals surface area contributed by atoms with Crippen molar-refractivity contribution in [3.05, 3.63) is 63.6 Å². The summed E-state index contributed by atoms with van der Waals surface area (Å²) >= 11 is 2.44. The topological polar surface area (TPSA) is 96.3 Å². The minimum atomic E-state index is -0.777. The zero-order valence-corrected chi connectivity index (χ0v) is 14.2. The van der Waals surface area contributed by atoms with Crippen molar-refractivity contribution in [2.45, 2.75) is 6.04 Å². The van der Waals surface area contributed by atoms with Gasteiger partial charge in [-0.1, -0.05) is 41.7 Å². The molecule has 1 aliphatic heterocycles. The number of carbonyl (C=O) groups excluding carboxylic acids is 2. The number of nitrogens with zero attached hydrogens (tertiary/aromatic N) is 4. The summed E-state index contributed by atoms with van der Waals surface area (Å²) in [4.78, 5) is 31.2. The van der Waals surface area contributed by atoms with Gasteiger partial charge in [0.2, 0.25) is 5.13 Å². The minimum Gasteiger partial charge on any atom is -0.507 e. The number of aliphatic hydroxyl groups excluding tert-OH is 1. The van der Waals surface area contributed by atoms with E-state index in [0.717, 1.165) is 11.3 Å². The molecule has 0 radical (unpaired) electrons. The molecule has 3 aromatic rings. The maximum absolute atomic E-state index is 12.7. The Morgan fingerprint density at radius 1 is 1.12 bits per heavy atom. The molecule has 1 atom stereocenters. The van der Waals surface area contributed by atoms with E-state index in [-0.39, 0.29) is 11.3 Å². The molecule has 3 heterocycles. The number of amides is 1. The van der Waals surface area contributed by atoms with E-state index in [2.05, 4.69) is 15.2 Å². The van der Waals surface area contributed by atoms with Gasteiger partial charge in [-0.2, -0.15) is 0 Å². The Kier molecular flexibility index (Phi) is 3.86. The van der Waals surface area contributed by atoms with Crippen molar-refractivity contribution in [2.24, 2.45) is 0 Å². The fourth-order valence-electron chi connectivity index (χ4n) is 2.68. The lowest BCUT2D eigenvalue weighted by molar-refractivity contribution is -0.132. The van der Waals surface area contributed by atoms with Gasteiger partial charge in [0.25, 0.3) is 5.78 Å². The molecule has 7 nitrogen and oxygen atoms in total. The van der Waals surface area contributed by atoms with E-state index in [0.29, 0.717) is 15.6 Å². The lowest BCUT2D eigenvalue weighted by atomic mass is 10.0. The molecular formula is C16H10N4O3S2. The summed E-state index contributed by atoms with van der Waals surface area (Å²) in [6.07, 6.45) is 1.58. The standard InChI is InChI=1S/C16H10N4O3S2/c21-13(9-4-2-1-3-5-9)11-12(10-6-17-7-24-10)20(15(23)14(11)22)16-19-18-8-25-16/h1-8,12,21H/b13-11+. The smallest absolute Gasteiger partial charge is 0.301 e. The zero-order chi connectivity index (χ0) is 17.4. The van der Waals surface area contributed by atoms with Gasteiger partial charge in [-0.05, 0) is 0 Å². The van der Waals surface area contributed by atoms with Gasteiger partial charge in [-0.15, -0.1) is 21.5 Å². The van der Waals surface area contributed by atoms with Crippen molar-refractivity contribution in [1.82, 2.24) is 15.2 Å². The molecule has 0 spiro atoms. The van der Waals surface area contributed by atoms with E-state index in [1.54, 1.807) is 42.0 Å². The average molecular weight is 370 g/mol. The predicted molar refractivity (Wildman–Crippen MR) is 93.2 cm³/mol. The van der Waals surface area contributed by atoms with Gasteiger partial charge in [0.05, 0.1) is 16.0 Å². The van der Waals surface area contributed by atoms with Crippen LogP contribution in [0.5, 0.6) is 0 Å². The summed E-state index contributed by atoms with van der Waals surface area (Å²) in [5.74, 6) is -1.72. The van der Waals surface area contributed by atoms with Crippen LogP contribution in [-0.4, -0.2) is 32.0 Å². The van der Waals surface area contributed by atoms with Crippen LogP contribution in [0.4, 0.5) is 5.13 Å².